The maximum absolute atomic E-state index is 12.1. The Labute approximate surface area is 126 Å². The summed E-state index contributed by atoms with van der Waals surface area (Å²) in [5, 5.41) is 12.2. The minimum Gasteiger partial charge on any atom is -0.326 e. The van der Waals surface area contributed by atoms with Crippen molar-refractivity contribution in [2.45, 2.75) is 0 Å². The molecule has 2 N–H and O–H groups in total. The lowest BCUT2D eigenvalue weighted by Gasteiger charge is -2.08. The summed E-state index contributed by atoms with van der Waals surface area (Å²) in [4.78, 5) is 19.1. The number of para-hydroxylation sites is 1. The summed E-state index contributed by atoms with van der Waals surface area (Å²) >= 11 is 0. The van der Waals surface area contributed by atoms with Gasteiger partial charge in [-0.15, -0.1) is 0 Å². The first-order chi connectivity index (χ1) is 10.8. The third-order valence-electron chi connectivity index (χ3n) is 3.11. The van der Waals surface area contributed by atoms with Gasteiger partial charge >= 0.3 is 0 Å². The number of hydrogen-bond acceptors (Lipinski definition) is 4. The molecule has 1 aromatic heterocycles. The number of hydrogen-bond donors (Lipinski definition) is 2. The second-order valence-electron chi connectivity index (χ2n) is 4.61. The quantitative estimate of drug-likeness (QED) is 0.776. The molecule has 0 spiro atoms. The lowest BCUT2D eigenvalue weighted by atomic mass is 10.1. The van der Waals surface area contributed by atoms with Gasteiger partial charge in [0, 0.05) is 11.3 Å². The number of anilines is 2. The number of nitriles is 1. The van der Waals surface area contributed by atoms with Gasteiger partial charge in [-0.25, -0.2) is 4.98 Å². The van der Waals surface area contributed by atoms with Crippen molar-refractivity contribution in [3.05, 3.63) is 76.6 Å². The molecule has 0 saturated heterocycles. The van der Waals surface area contributed by atoms with Crippen LogP contribution in [0.1, 0.15) is 5.56 Å². The SMILES string of the molecule is N#Cc1c(-c2ccccc2)nc(Nc2ccccc2)[nH]c1=O. The van der Waals surface area contributed by atoms with Crippen LogP contribution in [-0.4, -0.2) is 9.97 Å². The number of H-pyrrole nitrogens is 1. The summed E-state index contributed by atoms with van der Waals surface area (Å²) in [7, 11) is 0. The zero-order chi connectivity index (χ0) is 15.4. The standard InChI is InChI=1S/C17H12N4O/c18-11-14-15(12-7-3-1-4-8-12)20-17(21-16(14)22)19-13-9-5-2-6-10-13/h1-10H,(H2,19,20,21,22). The Balaban J connectivity index is 2.10. The molecular weight excluding hydrogens is 276 g/mol. The number of nitrogens with one attached hydrogen (secondary N) is 2. The van der Waals surface area contributed by atoms with Crippen molar-refractivity contribution in [2.24, 2.45) is 0 Å². The van der Waals surface area contributed by atoms with E-state index in [1.807, 2.05) is 66.7 Å². The number of benzene rings is 2. The van der Waals surface area contributed by atoms with Gasteiger partial charge in [0.25, 0.3) is 5.56 Å². The van der Waals surface area contributed by atoms with Gasteiger partial charge in [-0.2, -0.15) is 5.26 Å². The minimum absolute atomic E-state index is 0.00446. The predicted octanol–water partition coefficient (Wildman–Crippen LogP) is 3.05. The molecule has 0 amide bonds. The monoisotopic (exact) mass is 288 g/mol. The Morgan fingerprint density at radius 1 is 1.00 bits per heavy atom. The molecule has 0 unspecified atom stereocenters. The molecule has 0 aliphatic rings. The average molecular weight is 288 g/mol. The highest BCUT2D eigenvalue weighted by atomic mass is 16.1. The molecular formula is C17H12N4O. The first-order valence-corrected chi connectivity index (χ1v) is 6.70. The van der Waals surface area contributed by atoms with Crippen molar-refractivity contribution in [3.8, 4) is 17.3 Å². The molecule has 106 valence electrons. The second kappa shape index (κ2) is 5.94. The van der Waals surface area contributed by atoms with E-state index in [-0.39, 0.29) is 5.56 Å². The summed E-state index contributed by atoms with van der Waals surface area (Å²) < 4.78 is 0. The highest BCUT2D eigenvalue weighted by Gasteiger charge is 2.13. The van der Waals surface area contributed by atoms with Crippen molar-refractivity contribution < 1.29 is 0 Å². The molecule has 0 bridgehead atoms. The molecule has 5 heteroatoms. The third kappa shape index (κ3) is 2.72. The normalized spacial score (nSPS) is 9.95. The van der Waals surface area contributed by atoms with Crippen molar-refractivity contribution in [3.63, 3.8) is 0 Å². The van der Waals surface area contributed by atoms with Crippen LogP contribution in [0.4, 0.5) is 11.6 Å². The molecule has 0 fully saturated rings. The van der Waals surface area contributed by atoms with Crippen molar-refractivity contribution >= 4 is 11.6 Å². The van der Waals surface area contributed by atoms with Gasteiger partial charge in [-0.1, -0.05) is 48.5 Å². The molecule has 1 heterocycles. The maximum atomic E-state index is 12.1. The van der Waals surface area contributed by atoms with Crippen LogP contribution in [0.3, 0.4) is 0 Å². The van der Waals surface area contributed by atoms with E-state index in [1.165, 1.54) is 0 Å². The van der Waals surface area contributed by atoms with Crippen LogP contribution in [0, 0.1) is 11.3 Å². The Kier molecular flexibility index (Phi) is 3.67. The smallest absolute Gasteiger partial charge is 0.270 e. The number of nitrogens with zero attached hydrogens (tertiary/aromatic N) is 2. The molecule has 22 heavy (non-hydrogen) atoms. The molecule has 0 radical (unpaired) electrons. The molecule has 3 rings (SSSR count). The molecule has 0 atom stereocenters. The third-order valence-corrected chi connectivity index (χ3v) is 3.11. The zero-order valence-corrected chi connectivity index (χ0v) is 11.6. The zero-order valence-electron chi connectivity index (χ0n) is 11.6. The van der Waals surface area contributed by atoms with Crippen molar-refractivity contribution in [1.29, 1.82) is 5.26 Å². The van der Waals surface area contributed by atoms with E-state index in [1.54, 1.807) is 0 Å². The Bertz CT molecular complexity index is 880. The van der Waals surface area contributed by atoms with Gasteiger partial charge in [0.1, 0.15) is 11.6 Å². The fourth-order valence-corrected chi connectivity index (χ4v) is 2.10. The molecule has 0 aliphatic carbocycles. The molecule has 3 aromatic rings. The van der Waals surface area contributed by atoms with Gasteiger partial charge < -0.3 is 5.32 Å². The Morgan fingerprint density at radius 3 is 2.27 bits per heavy atom. The van der Waals surface area contributed by atoms with Crippen LogP contribution < -0.4 is 10.9 Å². The van der Waals surface area contributed by atoms with E-state index < -0.39 is 5.56 Å². The van der Waals surface area contributed by atoms with Gasteiger partial charge in [0.15, 0.2) is 0 Å². The van der Waals surface area contributed by atoms with Crippen molar-refractivity contribution in [1.82, 2.24) is 9.97 Å². The largest absolute Gasteiger partial charge is 0.326 e. The van der Waals surface area contributed by atoms with E-state index in [0.717, 1.165) is 11.3 Å². The van der Waals surface area contributed by atoms with Crippen LogP contribution in [0.5, 0.6) is 0 Å². The first-order valence-electron chi connectivity index (χ1n) is 6.70. The predicted molar refractivity (Wildman–Crippen MR) is 84.7 cm³/mol. The van der Waals surface area contributed by atoms with E-state index in [4.69, 9.17) is 0 Å². The van der Waals surface area contributed by atoms with E-state index >= 15 is 0 Å². The fraction of sp³-hybridized carbons (Fsp3) is 0. The topological polar surface area (TPSA) is 81.6 Å². The van der Waals surface area contributed by atoms with Crippen LogP contribution in [-0.2, 0) is 0 Å². The van der Waals surface area contributed by atoms with Crippen LogP contribution in [0.25, 0.3) is 11.3 Å². The highest BCUT2D eigenvalue weighted by Crippen LogP contribution is 2.20. The fourth-order valence-electron chi connectivity index (χ4n) is 2.10. The van der Waals surface area contributed by atoms with E-state index in [0.29, 0.717) is 11.6 Å². The summed E-state index contributed by atoms with van der Waals surface area (Å²) in [6.07, 6.45) is 0. The molecule has 0 saturated carbocycles. The molecule has 0 aliphatic heterocycles. The summed E-state index contributed by atoms with van der Waals surface area (Å²) in [5.41, 5.74) is 1.43. The van der Waals surface area contributed by atoms with Gasteiger partial charge in [0.2, 0.25) is 5.95 Å². The maximum Gasteiger partial charge on any atom is 0.270 e. The number of aromatic nitrogens is 2. The summed E-state index contributed by atoms with van der Waals surface area (Å²) in [6, 6.07) is 20.5. The average Bonchev–Trinajstić information content (AvgIpc) is 2.56. The van der Waals surface area contributed by atoms with Gasteiger partial charge in [-0.3, -0.25) is 9.78 Å². The van der Waals surface area contributed by atoms with Crippen LogP contribution >= 0.6 is 0 Å². The minimum atomic E-state index is -0.463. The van der Waals surface area contributed by atoms with Gasteiger partial charge in [-0.05, 0) is 12.1 Å². The first kappa shape index (κ1) is 13.6. The lowest BCUT2D eigenvalue weighted by Crippen LogP contribution is -2.16. The van der Waals surface area contributed by atoms with Crippen LogP contribution in [0.2, 0.25) is 0 Å². The Morgan fingerprint density at radius 2 is 1.64 bits per heavy atom. The molecule has 2 aromatic carbocycles. The molecule has 5 nitrogen and oxygen atoms in total. The highest BCUT2D eigenvalue weighted by molar-refractivity contribution is 5.68. The Hall–Kier alpha value is -3.39. The lowest BCUT2D eigenvalue weighted by molar-refractivity contribution is 1.11. The number of aromatic amines is 1. The van der Waals surface area contributed by atoms with Gasteiger partial charge in [0.05, 0.1) is 5.69 Å². The second-order valence-corrected chi connectivity index (χ2v) is 4.61. The summed E-state index contributed by atoms with van der Waals surface area (Å²) in [5.74, 6) is 0.300. The van der Waals surface area contributed by atoms with Crippen LogP contribution in [0.15, 0.2) is 65.5 Å². The van der Waals surface area contributed by atoms with E-state index in [2.05, 4.69) is 15.3 Å². The van der Waals surface area contributed by atoms with Crippen molar-refractivity contribution in [2.75, 3.05) is 5.32 Å². The van der Waals surface area contributed by atoms with E-state index in [9.17, 15) is 10.1 Å². The summed E-state index contributed by atoms with van der Waals surface area (Å²) in [6.45, 7) is 0. The number of rotatable bonds is 3.